The second-order valence-electron chi connectivity index (χ2n) is 5.01. The number of unbranched alkanes of at least 4 members (excludes halogenated alkanes) is 2. The van der Waals surface area contributed by atoms with Crippen LogP contribution in [-0.2, 0) is 15.9 Å². The Morgan fingerprint density at radius 3 is 2.14 bits per heavy atom. The quantitative estimate of drug-likeness (QED) is 0.635. The molecule has 0 radical (unpaired) electrons. The van der Waals surface area contributed by atoms with E-state index < -0.39 is 15.8 Å². The summed E-state index contributed by atoms with van der Waals surface area (Å²) in [5.74, 6) is -0.571. The first-order valence-corrected chi connectivity index (χ1v) is 9.29. The van der Waals surface area contributed by atoms with Gasteiger partial charge in [-0.15, -0.1) is 11.6 Å². The second kappa shape index (κ2) is 8.71. The Morgan fingerprint density at radius 1 is 1.14 bits per heavy atom. The highest BCUT2D eigenvalue weighted by atomic mass is 35.5. The van der Waals surface area contributed by atoms with E-state index in [1.807, 2.05) is 13.8 Å². The second-order valence-corrected chi connectivity index (χ2v) is 7.18. The first kappa shape index (κ1) is 18.4. The third-order valence-corrected chi connectivity index (χ3v) is 5.53. The first-order chi connectivity index (χ1) is 9.97. The third kappa shape index (κ3) is 4.94. The molecule has 0 amide bonds. The first-order valence-electron chi connectivity index (χ1n) is 7.31. The van der Waals surface area contributed by atoms with Crippen LogP contribution in [0.4, 0.5) is 4.39 Å². The van der Waals surface area contributed by atoms with Crippen LogP contribution in [0.25, 0.3) is 0 Å². The molecule has 1 rings (SSSR count). The zero-order valence-electron chi connectivity index (χ0n) is 12.6. The third-order valence-electron chi connectivity index (χ3n) is 3.29. The van der Waals surface area contributed by atoms with Crippen molar-refractivity contribution in [1.82, 2.24) is 4.31 Å². The Morgan fingerprint density at radius 2 is 1.71 bits per heavy atom. The van der Waals surface area contributed by atoms with Crippen LogP contribution < -0.4 is 0 Å². The van der Waals surface area contributed by atoms with Gasteiger partial charge in [-0.05, 0) is 30.5 Å². The van der Waals surface area contributed by atoms with Crippen LogP contribution in [0.3, 0.4) is 0 Å². The maximum absolute atomic E-state index is 14.1. The Bertz CT molecular complexity index is 541. The lowest BCUT2D eigenvalue weighted by molar-refractivity contribution is 0.392. The number of hydrogen-bond donors (Lipinski definition) is 0. The van der Waals surface area contributed by atoms with E-state index in [1.54, 1.807) is 6.07 Å². The van der Waals surface area contributed by atoms with E-state index in [-0.39, 0.29) is 10.8 Å². The Kier molecular flexibility index (Phi) is 7.63. The van der Waals surface area contributed by atoms with Crippen LogP contribution >= 0.6 is 11.6 Å². The normalized spacial score (nSPS) is 12.0. The topological polar surface area (TPSA) is 37.4 Å². The summed E-state index contributed by atoms with van der Waals surface area (Å²) in [4.78, 5) is -0.261. The minimum atomic E-state index is -3.79. The van der Waals surface area contributed by atoms with Gasteiger partial charge in [0.05, 0.1) is 0 Å². The highest BCUT2D eigenvalue weighted by Crippen LogP contribution is 2.22. The number of hydrogen-bond acceptors (Lipinski definition) is 2. The molecule has 3 nitrogen and oxygen atoms in total. The van der Waals surface area contributed by atoms with Crippen molar-refractivity contribution in [3.05, 3.63) is 29.6 Å². The minimum absolute atomic E-state index is 0.159. The number of nitrogens with zero attached hydrogens (tertiary/aromatic N) is 1. The van der Waals surface area contributed by atoms with Gasteiger partial charge < -0.3 is 0 Å². The van der Waals surface area contributed by atoms with E-state index in [4.69, 9.17) is 11.6 Å². The molecule has 120 valence electrons. The fourth-order valence-corrected chi connectivity index (χ4v) is 3.73. The van der Waals surface area contributed by atoms with Crippen molar-refractivity contribution < 1.29 is 12.8 Å². The van der Waals surface area contributed by atoms with Gasteiger partial charge in [0.15, 0.2) is 0 Å². The van der Waals surface area contributed by atoms with Crippen molar-refractivity contribution in [2.45, 2.75) is 50.3 Å². The molecule has 0 saturated heterocycles. The molecule has 0 saturated carbocycles. The predicted octanol–water partition coefficient (Wildman–Crippen LogP) is 4.16. The van der Waals surface area contributed by atoms with Crippen LogP contribution in [0.1, 0.15) is 45.1 Å². The zero-order chi connectivity index (χ0) is 15.9. The van der Waals surface area contributed by atoms with Crippen molar-refractivity contribution in [1.29, 1.82) is 0 Å². The fraction of sp³-hybridized carbons (Fsp3) is 0.600. The van der Waals surface area contributed by atoms with Gasteiger partial charge >= 0.3 is 0 Å². The Labute approximate surface area is 132 Å². The highest BCUT2D eigenvalue weighted by Gasteiger charge is 2.26. The fourth-order valence-electron chi connectivity index (χ4n) is 2.00. The van der Waals surface area contributed by atoms with Crippen LogP contribution in [0, 0.1) is 5.82 Å². The number of benzene rings is 1. The summed E-state index contributed by atoms with van der Waals surface area (Å²) in [5.41, 5.74) is 0.571. The molecule has 1 aromatic rings. The molecule has 0 spiro atoms. The van der Waals surface area contributed by atoms with E-state index in [2.05, 4.69) is 0 Å². The van der Waals surface area contributed by atoms with E-state index in [0.717, 1.165) is 25.7 Å². The summed E-state index contributed by atoms with van der Waals surface area (Å²) >= 11 is 5.64. The number of sulfonamides is 1. The van der Waals surface area contributed by atoms with Crippen molar-refractivity contribution in [2.75, 3.05) is 13.1 Å². The van der Waals surface area contributed by atoms with Gasteiger partial charge in [0.25, 0.3) is 0 Å². The summed E-state index contributed by atoms with van der Waals surface area (Å²) in [6, 6.07) is 4.06. The molecule has 0 atom stereocenters. The van der Waals surface area contributed by atoms with Gasteiger partial charge in [-0.1, -0.05) is 32.8 Å². The van der Waals surface area contributed by atoms with E-state index in [9.17, 15) is 12.8 Å². The maximum Gasteiger partial charge on any atom is 0.245 e. The molecule has 0 fully saturated rings. The number of alkyl halides is 1. The monoisotopic (exact) mass is 335 g/mol. The van der Waals surface area contributed by atoms with Gasteiger partial charge in [0, 0.05) is 19.0 Å². The zero-order valence-corrected chi connectivity index (χ0v) is 14.2. The molecular weight excluding hydrogens is 313 g/mol. The highest BCUT2D eigenvalue weighted by molar-refractivity contribution is 7.89. The van der Waals surface area contributed by atoms with Gasteiger partial charge in [0.1, 0.15) is 10.7 Å². The van der Waals surface area contributed by atoms with Gasteiger partial charge in [0.2, 0.25) is 10.0 Å². The Hall–Kier alpha value is -0.650. The lowest BCUT2D eigenvalue weighted by atomic mass is 10.2. The number of rotatable bonds is 9. The van der Waals surface area contributed by atoms with Crippen LogP contribution in [-0.4, -0.2) is 25.8 Å². The van der Waals surface area contributed by atoms with Crippen molar-refractivity contribution >= 4 is 21.6 Å². The van der Waals surface area contributed by atoms with E-state index in [1.165, 1.54) is 16.4 Å². The molecule has 0 aliphatic carbocycles. The largest absolute Gasteiger partial charge is 0.245 e. The average Bonchev–Trinajstić information content (AvgIpc) is 2.46. The molecular formula is C15H23ClFNO2S. The molecule has 0 heterocycles. The Balaban J connectivity index is 3.08. The van der Waals surface area contributed by atoms with Crippen LogP contribution in [0.15, 0.2) is 23.1 Å². The van der Waals surface area contributed by atoms with E-state index in [0.29, 0.717) is 18.7 Å². The molecule has 6 heteroatoms. The molecule has 0 aliphatic heterocycles. The molecule has 1 aromatic carbocycles. The maximum atomic E-state index is 14.1. The molecule has 0 aliphatic rings. The summed E-state index contributed by atoms with van der Waals surface area (Å²) in [6.45, 7) is 4.85. The molecule has 0 N–H and O–H groups in total. The summed E-state index contributed by atoms with van der Waals surface area (Å²) in [7, 11) is -3.79. The van der Waals surface area contributed by atoms with Gasteiger partial charge in [-0.3, -0.25) is 0 Å². The summed E-state index contributed by atoms with van der Waals surface area (Å²) in [6.07, 6.45) is 3.33. The van der Waals surface area contributed by atoms with E-state index >= 15 is 0 Å². The van der Waals surface area contributed by atoms with Gasteiger partial charge in [-0.25, -0.2) is 12.8 Å². The standard InChI is InChI=1S/C15H23ClFNO2S/c1-3-5-9-18(10-6-4-2)21(19,20)15-8-7-13(12-16)11-14(15)17/h7-8,11H,3-6,9-10,12H2,1-2H3. The SMILES string of the molecule is CCCCN(CCCC)S(=O)(=O)c1ccc(CCl)cc1F. The molecule has 0 aromatic heterocycles. The number of halogens is 2. The van der Waals surface area contributed by atoms with Crippen LogP contribution in [0.2, 0.25) is 0 Å². The van der Waals surface area contributed by atoms with Crippen molar-refractivity contribution in [3.63, 3.8) is 0 Å². The molecule has 21 heavy (non-hydrogen) atoms. The van der Waals surface area contributed by atoms with Crippen LogP contribution in [0.5, 0.6) is 0 Å². The summed E-state index contributed by atoms with van der Waals surface area (Å²) < 4.78 is 40.7. The van der Waals surface area contributed by atoms with Gasteiger partial charge in [-0.2, -0.15) is 4.31 Å². The van der Waals surface area contributed by atoms with Crippen molar-refractivity contribution in [2.24, 2.45) is 0 Å². The molecule has 0 bridgehead atoms. The summed E-state index contributed by atoms with van der Waals surface area (Å²) in [5, 5.41) is 0. The average molecular weight is 336 g/mol. The lowest BCUT2D eigenvalue weighted by Gasteiger charge is -2.22. The minimum Gasteiger partial charge on any atom is -0.207 e. The molecule has 0 unspecified atom stereocenters. The lowest BCUT2D eigenvalue weighted by Crippen LogP contribution is -2.33. The predicted molar refractivity (Wildman–Crippen MR) is 84.5 cm³/mol. The van der Waals surface area contributed by atoms with Crippen molar-refractivity contribution in [3.8, 4) is 0 Å². The smallest absolute Gasteiger partial charge is 0.207 e.